The third kappa shape index (κ3) is 5.57. The third-order valence-electron chi connectivity index (χ3n) is 4.28. The van der Waals surface area contributed by atoms with E-state index in [0.29, 0.717) is 23.1 Å². The van der Waals surface area contributed by atoms with Gasteiger partial charge in [0.1, 0.15) is 17.4 Å². The average molecular weight is 451 g/mol. The van der Waals surface area contributed by atoms with E-state index in [1.54, 1.807) is 36.4 Å². The highest BCUT2D eigenvalue weighted by atomic mass is 35.5. The number of benzene rings is 2. The van der Waals surface area contributed by atoms with Crippen LogP contribution in [-0.4, -0.2) is 23.7 Å². The predicted molar refractivity (Wildman–Crippen MR) is 117 cm³/mol. The summed E-state index contributed by atoms with van der Waals surface area (Å²) in [5, 5.41) is 3.25. The molecule has 0 atom stereocenters. The Morgan fingerprint density at radius 1 is 1.17 bits per heavy atom. The molecule has 0 bridgehead atoms. The highest BCUT2D eigenvalue weighted by Gasteiger charge is 2.27. The Balaban J connectivity index is 1.72. The molecule has 0 radical (unpaired) electrons. The van der Waals surface area contributed by atoms with E-state index in [-0.39, 0.29) is 17.5 Å². The monoisotopic (exact) mass is 450 g/mol. The lowest BCUT2D eigenvalue weighted by Crippen LogP contribution is -2.36. The van der Waals surface area contributed by atoms with Crippen LogP contribution in [0.2, 0.25) is 5.02 Å². The Morgan fingerprint density at radius 3 is 2.55 bits per heavy atom. The van der Waals surface area contributed by atoms with E-state index in [1.165, 1.54) is 15.6 Å². The zero-order chi connectivity index (χ0) is 21.0. The molecule has 0 aliphatic rings. The van der Waals surface area contributed by atoms with E-state index in [0.717, 1.165) is 10.6 Å². The smallest absolute Gasteiger partial charge is 0.243 e. The van der Waals surface area contributed by atoms with Gasteiger partial charge >= 0.3 is 0 Å². The number of nitrogens with zero attached hydrogens (tertiary/aromatic N) is 2. The van der Waals surface area contributed by atoms with Crippen molar-refractivity contribution >= 4 is 33.0 Å². The van der Waals surface area contributed by atoms with Gasteiger partial charge in [0.15, 0.2) is 0 Å². The molecule has 1 heterocycles. The van der Waals surface area contributed by atoms with E-state index in [4.69, 9.17) is 16.3 Å². The maximum atomic E-state index is 13.1. The fourth-order valence-electron chi connectivity index (χ4n) is 2.74. The molecule has 8 heteroatoms. The van der Waals surface area contributed by atoms with Gasteiger partial charge in [0, 0.05) is 16.4 Å². The molecule has 0 N–H and O–H groups in total. The first-order valence-corrected chi connectivity index (χ1v) is 11.9. The number of aromatic nitrogens is 1. The number of hydrogen-bond donors (Lipinski definition) is 0. The molecule has 29 heavy (non-hydrogen) atoms. The predicted octanol–water partition coefficient (Wildman–Crippen LogP) is 5.28. The molecule has 0 saturated heterocycles. The Labute approximate surface area is 181 Å². The highest BCUT2D eigenvalue weighted by molar-refractivity contribution is 7.89. The fraction of sp³-hybridized carbons (Fsp3) is 0.286. The quantitative estimate of drug-likeness (QED) is 0.468. The van der Waals surface area contributed by atoms with Crippen LogP contribution < -0.4 is 4.74 Å². The Morgan fingerprint density at radius 2 is 1.90 bits per heavy atom. The van der Waals surface area contributed by atoms with Crippen LogP contribution in [0.5, 0.6) is 5.75 Å². The van der Waals surface area contributed by atoms with Crippen LogP contribution in [0.3, 0.4) is 0 Å². The molecule has 0 saturated carbocycles. The molecule has 1 aromatic heterocycles. The topological polar surface area (TPSA) is 59.5 Å². The average Bonchev–Trinajstić information content (AvgIpc) is 3.12. The number of aryl methyl sites for hydroxylation is 1. The summed E-state index contributed by atoms with van der Waals surface area (Å²) in [7, 11) is -3.61. The standard InChI is InChI=1S/C21H23ClN2O3S2/c1-15(2)24(29(25,26)20-9-7-16(3)8-10-20)12-18-14-28-21(23-18)13-27-19-6-4-5-17(22)11-19/h4-11,14-15H,12-13H2,1-3H3. The van der Waals surface area contributed by atoms with Crippen molar-refractivity contribution in [3.8, 4) is 5.75 Å². The van der Waals surface area contributed by atoms with Crippen LogP contribution in [-0.2, 0) is 23.2 Å². The van der Waals surface area contributed by atoms with Gasteiger partial charge in [-0.3, -0.25) is 0 Å². The first-order chi connectivity index (χ1) is 13.8. The van der Waals surface area contributed by atoms with Gasteiger partial charge in [0.05, 0.1) is 17.1 Å². The molecule has 5 nitrogen and oxygen atoms in total. The Bertz CT molecular complexity index is 1060. The molecule has 3 aromatic rings. The second-order valence-electron chi connectivity index (χ2n) is 6.94. The highest BCUT2D eigenvalue weighted by Crippen LogP contribution is 2.23. The van der Waals surface area contributed by atoms with Crippen molar-refractivity contribution in [2.24, 2.45) is 0 Å². The molecule has 0 aliphatic heterocycles. The van der Waals surface area contributed by atoms with Crippen LogP contribution in [0.15, 0.2) is 58.8 Å². The minimum atomic E-state index is -3.61. The molecule has 0 fully saturated rings. The van der Waals surface area contributed by atoms with Crippen molar-refractivity contribution in [2.75, 3.05) is 0 Å². The van der Waals surface area contributed by atoms with Crippen LogP contribution in [0.1, 0.15) is 30.1 Å². The van der Waals surface area contributed by atoms with Gasteiger partial charge in [-0.15, -0.1) is 11.3 Å². The summed E-state index contributed by atoms with van der Waals surface area (Å²) in [4.78, 5) is 4.83. The third-order valence-corrected chi connectivity index (χ3v) is 7.42. The number of ether oxygens (including phenoxy) is 1. The Kier molecular flexibility index (Phi) is 6.95. The van der Waals surface area contributed by atoms with Gasteiger partial charge in [-0.25, -0.2) is 13.4 Å². The van der Waals surface area contributed by atoms with E-state index < -0.39 is 10.0 Å². The van der Waals surface area contributed by atoms with Crippen molar-refractivity contribution in [3.05, 3.63) is 75.2 Å². The van der Waals surface area contributed by atoms with Crippen molar-refractivity contribution < 1.29 is 13.2 Å². The van der Waals surface area contributed by atoms with Crippen molar-refractivity contribution in [2.45, 2.75) is 44.9 Å². The van der Waals surface area contributed by atoms with Gasteiger partial charge < -0.3 is 4.74 Å². The lowest BCUT2D eigenvalue weighted by atomic mass is 10.2. The van der Waals surface area contributed by atoms with Gasteiger partial charge in [-0.1, -0.05) is 35.4 Å². The van der Waals surface area contributed by atoms with Crippen molar-refractivity contribution in [3.63, 3.8) is 0 Å². The minimum Gasteiger partial charge on any atom is -0.486 e. The second-order valence-corrected chi connectivity index (χ2v) is 10.2. The normalized spacial score (nSPS) is 11.9. The van der Waals surface area contributed by atoms with Gasteiger partial charge in [-0.2, -0.15) is 4.31 Å². The zero-order valence-corrected chi connectivity index (χ0v) is 18.9. The van der Waals surface area contributed by atoms with E-state index >= 15 is 0 Å². The van der Waals surface area contributed by atoms with Gasteiger partial charge in [-0.05, 0) is 51.1 Å². The molecule has 3 rings (SSSR count). The summed E-state index contributed by atoms with van der Waals surface area (Å²) >= 11 is 7.41. The molecular weight excluding hydrogens is 428 g/mol. The van der Waals surface area contributed by atoms with E-state index in [9.17, 15) is 8.42 Å². The minimum absolute atomic E-state index is 0.200. The van der Waals surface area contributed by atoms with Gasteiger partial charge in [0.25, 0.3) is 0 Å². The maximum absolute atomic E-state index is 13.1. The second kappa shape index (κ2) is 9.26. The summed E-state index contributed by atoms with van der Waals surface area (Å²) < 4.78 is 33.4. The maximum Gasteiger partial charge on any atom is 0.243 e. The van der Waals surface area contributed by atoms with Crippen LogP contribution in [0, 0.1) is 6.92 Å². The van der Waals surface area contributed by atoms with Gasteiger partial charge in [0.2, 0.25) is 10.0 Å². The summed E-state index contributed by atoms with van der Waals surface area (Å²) in [5.74, 6) is 0.667. The summed E-state index contributed by atoms with van der Waals surface area (Å²) in [5.41, 5.74) is 1.72. The van der Waals surface area contributed by atoms with Crippen LogP contribution in [0.4, 0.5) is 0 Å². The van der Waals surface area contributed by atoms with Crippen LogP contribution in [0.25, 0.3) is 0 Å². The van der Waals surface area contributed by atoms with Crippen LogP contribution >= 0.6 is 22.9 Å². The summed E-state index contributed by atoms with van der Waals surface area (Å²) in [6.45, 7) is 6.17. The zero-order valence-electron chi connectivity index (χ0n) is 16.5. The molecule has 0 amide bonds. The largest absolute Gasteiger partial charge is 0.486 e. The van der Waals surface area contributed by atoms with Crippen molar-refractivity contribution in [1.82, 2.24) is 9.29 Å². The Hall–Kier alpha value is -1.93. The van der Waals surface area contributed by atoms with Crippen molar-refractivity contribution in [1.29, 1.82) is 0 Å². The fourth-order valence-corrected chi connectivity index (χ4v) is 5.22. The first-order valence-electron chi connectivity index (χ1n) is 9.16. The van der Waals surface area contributed by atoms with E-state index in [2.05, 4.69) is 4.98 Å². The molecule has 0 unspecified atom stereocenters. The molecule has 0 aliphatic carbocycles. The number of rotatable bonds is 8. The molecule has 2 aromatic carbocycles. The molecule has 154 valence electrons. The lowest BCUT2D eigenvalue weighted by Gasteiger charge is -2.25. The summed E-state index contributed by atoms with van der Waals surface area (Å²) in [6.07, 6.45) is 0. The first kappa shape index (κ1) is 21.8. The number of halogens is 1. The summed E-state index contributed by atoms with van der Waals surface area (Å²) in [6, 6.07) is 13.9. The SMILES string of the molecule is Cc1ccc(S(=O)(=O)N(Cc2csc(COc3cccc(Cl)c3)n2)C(C)C)cc1. The molecule has 0 spiro atoms. The number of sulfonamides is 1. The number of hydrogen-bond acceptors (Lipinski definition) is 5. The lowest BCUT2D eigenvalue weighted by molar-refractivity contribution is 0.304. The van der Waals surface area contributed by atoms with E-state index in [1.807, 2.05) is 38.3 Å². The number of thiazole rings is 1. The molecular formula is C21H23ClN2O3S2.